The summed E-state index contributed by atoms with van der Waals surface area (Å²) in [5.74, 6) is 2.57. The van der Waals surface area contributed by atoms with Gasteiger partial charge in [0, 0.05) is 36.9 Å². The molecule has 3 N–H and O–H groups in total. The van der Waals surface area contributed by atoms with Gasteiger partial charge in [0.1, 0.15) is 6.54 Å². The Bertz CT molecular complexity index is 742. The first-order valence-electron chi connectivity index (χ1n) is 8.99. The molecule has 1 saturated heterocycles. The average molecular weight is 395 g/mol. The lowest BCUT2D eigenvalue weighted by molar-refractivity contribution is -0.143. The molecule has 0 bridgehead atoms. The lowest BCUT2D eigenvalue weighted by atomic mass is 10.2. The highest BCUT2D eigenvalue weighted by Crippen LogP contribution is 2.19. The van der Waals surface area contributed by atoms with Crippen molar-refractivity contribution in [2.24, 2.45) is 4.99 Å². The number of nitrogens with zero attached hydrogens (tertiary/aromatic N) is 2. The Labute approximate surface area is 162 Å². The minimum atomic E-state index is -4.21. The number of rotatable bonds is 6. The van der Waals surface area contributed by atoms with Crippen LogP contribution in [0.15, 0.2) is 29.3 Å². The van der Waals surface area contributed by atoms with Gasteiger partial charge in [0.25, 0.3) is 0 Å². The number of carbonyl (C=O) groups excluding carboxylic acids is 1. The van der Waals surface area contributed by atoms with Gasteiger partial charge < -0.3 is 16.0 Å². The fourth-order valence-corrected chi connectivity index (χ4v) is 2.90. The van der Waals surface area contributed by atoms with Crippen LogP contribution in [0.1, 0.15) is 18.9 Å². The summed E-state index contributed by atoms with van der Waals surface area (Å²) in [6.07, 6.45) is 1.70. The Morgan fingerprint density at radius 3 is 2.89 bits per heavy atom. The molecule has 0 aliphatic carbocycles. The van der Waals surface area contributed by atoms with Crippen LogP contribution in [-0.2, 0) is 4.79 Å². The molecule has 1 unspecified atom stereocenters. The summed E-state index contributed by atoms with van der Waals surface area (Å²) >= 11 is 0. The second kappa shape index (κ2) is 9.99. The molecule has 1 atom stereocenters. The number of halogens is 3. The van der Waals surface area contributed by atoms with E-state index in [-0.39, 0.29) is 25.0 Å². The molecule has 1 amide bonds. The van der Waals surface area contributed by atoms with Crippen LogP contribution in [0.3, 0.4) is 0 Å². The number of nitrogens with one attached hydrogen (secondary N) is 3. The van der Waals surface area contributed by atoms with Gasteiger partial charge in [0.15, 0.2) is 5.96 Å². The van der Waals surface area contributed by atoms with Gasteiger partial charge in [0.05, 0.1) is 6.54 Å². The Morgan fingerprint density at radius 1 is 1.43 bits per heavy atom. The maximum Gasteiger partial charge on any atom is 0.401 e. The summed E-state index contributed by atoms with van der Waals surface area (Å²) < 4.78 is 37.5. The Hall–Kier alpha value is -2.73. The van der Waals surface area contributed by atoms with Crippen LogP contribution >= 0.6 is 0 Å². The van der Waals surface area contributed by atoms with Crippen molar-refractivity contribution in [1.82, 2.24) is 15.5 Å². The summed E-state index contributed by atoms with van der Waals surface area (Å²) in [6.45, 7) is 2.02. The van der Waals surface area contributed by atoms with Crippen LogP contribution in [0.25, 0.3) is 0 Å². The standard InChI is InChI=1S/C19H24F3N5O/c1-3-14-6-5-7-15(10-14)25-17(28)11-24-18(23-4-2)26-16-8-9-27(12-16)13-19(20,21)22/h1,5-7,10,16H,4,8-9,11-13H2,2H3,(H,25,28)(H2,23,24,26). The summed E-state index contributed by atoms with van der Waals surface area (Å²) in [5.41, 5.74) is 1.23. The molecule has 2 rings (SSSR count). The zero-order chi connectivity index (χ0) is 20.6. The van der Waals surface area contributed by atoms with Crippen LogP contribution in [0.4, 0.5) is 18.9 Å². The number of anilines is 1. The van der Waals surface area contributed by atoms with E-state index in [0.29, 0.717) is 36.7 Å². The molecule has 152 valence electrons. The molecule has 1 aliphatic rings. The highest BCUT2D eigenvalue weighted by molar-refractivity contribution is 5.94. The molecule has 0 aromatic heterocycles. The molecule has 1 aromatic carbocycles. The molecule has 1 aliphatic heterocycles. The highest BCUT2D eigenvalue weighted by Gasteiger charge is 2.34. The molecule has 0 radical (unpaired) electrons. The lowest BCUT2D eigenvalue weighted by Crippen LogP contribution is -2.45. The van der Waals surface area contributed by atoms with Crippen LogP contribution in [0, 0.1) is 12.3 Å². The fraction of sp³-hybridized carbons (Fsp3) is 0.474. The molecule has 6 nitrogen and oxygen atoms in total. The molecule has 0 saturated carbocycles. The number of hydrogen-bond acceptors (Lipinski definition) is 3. The van der Waals surface area contributed by atoms with Gasteiger partial charge in [-0.3, -0.25) is 9.69 Å². The van der Waals surface area contributed by atoms with Crippen LogP contribution in [0.2, 0.25) is 0 Å². The number of terminal acetylenes is 1. The number of benzene rings is 1. The normalized spacial score (nSPS) is 17.8. The Kier molecular flexibility index (Phi) is 7.70. The van der Waals surface area contributed by atoms with Crippen LogP contribution in [-0.4, -0.2) is 61.7 Å². The second-order valence-corrected chi connectivity index (χ2v) is 6.45. The number of hydrogen-bond donors (Lipinski definition) is 3. The maximum atomic E-state index is 12.5. The average Bonchev–Trinajstić information content (AvgIpc) is 3.05. The number of aliphatic imine (C=N–C) groups is 1. The molecule has 0 spiro atoms. The summed E-state index contributed by atoms with van der Waals surface area (Å²) in [4.78, 5) is 17.7. The van der Waals surface area contributed by atoms with Crippen LogP contribution < -0.4 is 16.0 Å². The lowest BCUT2D eigenvalue weighted by Gasteiger charge is -2.19. The SMILES string of the molecule is C#Cc1cccc(NC(=O)CN=C(NCC)NC2CCN(CC(F)(F)F)C2)c1. The van der Waals surface area contributed by atoms with Gasteiger partial charge in [-0.25, -0.2) is 4.99 Å². The van der Waals surface area contributed by atoms with Crippen LogP contribution in [0.5, 0.6) is 0 Å². The maximum absolute atomic E-state index is 12.5. The van der Waals surface area contributed by atoms with Gasteiger partial charge >= 0.3 is 6.18 Å². The van der Waals surface area contributed by atoms with Crippen molar-refractivity contribution in [3.63, 3.8) is 0 Å². The molecule has 9 heteroatoms. The predicted molar refractivity (Wildman–Crippen MR) is 103 cm³/mol. The second-order valence-electron chi connectivity index (χ2n) is 6.45. The quantitative estimate of drug-likeness (QED) is 0.390. The third-order valence-electron chi connectivity index (χ3n) is 4.05. The topological polar surface area (TPSA) is 68.8 Å². The summed E-state index contributed by atoms with van der Waals surface area (Å²) in [7, 11) is 0. The minimum Gasteiger partial charge on any atom is -0.357 e. The number of alkyl halides is 3. The van der Waals surface area contributed by atoms with E-state index in [1.807, 2.05) is 6.92 Å². The largest absolute Gasteiger partial charge is 0.401 e. The van der Waals surface area contributed by atoms with E-state index in [9.17, 15) is 18.0 Å². The molecular weight excluding hydrogens is 371 g/mol. The molecule has 1 heterocycles. The van der Waals surface area contributed by atoms with E-state index in [1.165, 1.54) is 4.90 Å². The van der Waals surface area contributed by atoms with Crippen molar-refractivity contribution in [3.8, 4) is 12.3 Å². The molecule has 28 heavy (non-hydrogen) atoms. The van der Waals surface area contributed by atoms with Crippen molar-refractivity contribution in [3.05, 3.63) is 29.8 Å². The molecular formula is C19H24F3N5O. The molecule has 1 aromatic rings. The Balaban J connectivity index is 1.88. The first-order valence-corrected chi connectivity index (χ1v) is 8.99. The Morgan fingerprint density at radius 2 is 2.21 bits per heavy atom. The predicted octanol–water partition coefficient (Wildman–Crippen LogP) is 1.80. The highest BCUT2D eigenvalue weighted by atomic mass is 19.4. The first kappa shape index (κ1) is 21.6. The van der Waals surface area contributed by atoms with Gasteiger partial charge in [0.2, 0.25) is 5.91 Å². The molecule has 1 fully saturated rings. The van der Waals surface area contributed by atoms with Gasteiger partial charge in [-0.05, 0) is 31.5 Å². The van der Waals surface area contributed by atoms with E-state index in [2.05, 4.69) is 26.9 Å². The van der Waals surface area contributed by atoms with Crippen molar-refractivity contribution in [2.45, 2.75) is 25.6 Å². The summed E-state index contributed by atoms with van der Waals surface area (Å²) in [6, 6.07) is 6.74. The van der Waals surface area contributed by atoms with Crippen molar-refractivity contribution in [2.75, 3.05) is 38.0 Å². The number of likely N-dealkylation sites (tertiary alicyclic amines) is 1. The number of guanidine groups is 1. The van der Waals surface area contributed by atoms with Crippen molar-refractivity contribution in [1.29, 1.82) is 0 Å². The summed E-state index contributed by atoms with van der Waals surface area (Å²) in [5, 5.41) is 8.81. The fourth-order valence-electron chi connectivity index (χ4n) is 2.90. The zero-order valence-corrected chi connectivity index (χ0v) is 15.6. The monoisotopic (exact) mass is 395 g/mol. The van der Waals surface area contributed by atoms with E-state index >= 15 is 0 Å². The first-order chi connectivity index (χ1) is 13.3. The van der Waals surface area contributed by atoms with E-state index in [0.717, 1.165) is 0 Å². The van der Waals surface area contributed by atoms with Gasteiger partial charge in [-0.1, -0.05) is 12.0 Å². The number of amides is 1. The zero-order valence-electron chi connectivity index (χ0n) is 15.6. The minimum absolute atomic E-state index is 0.130. The third-order valence-corrected chi connectivity index (χ3v) is 4.05. The van der Waals surface area contributed by atoms with E-state index in [1.54, 1.807) is 24.3 Å². The third kappa shape index (κ3) is 7.48. The van der Waals surface area contributed by atoms with Gasteiger partial charge in [-0.15, -0.1) is 6.42 Å². The van der Waals surface area contributed by atoms with E-state index < -0.39 is 12.7 Å². The smallest absolute Gasteiger partial charge is 0.357 e. The number of carbonyl (C=O) groups is 1. The van der Waals surface area contributed by atoms with E-state index in [4.69, 9.17) is 6.42 Å². The van der Waals surface area contributed by atoms with Crippen molar-refractivity contribution >= 4 is 17.6 Å². The van der Waals surface area contributed by atoms with Crippen molar-refractivity contribution < 1.29 is 18.0 Å². The van der Waals surface area contributed by atoms with Gasteiger partial charge in [-0.2, -0.15) is 13.2 Å².